The van der Waals surface area contributed by atoms with Crippen LogP contribution in [-0.4, -0.2) is 23.9 Å². The highest BCUT2D eigenvalue weighted by molar-refractivity contribution is 7.80. The van der Waals surface area contributed by atoms with Gasteiger partial charge >= 0.3 is 0 Å². The van der Waals surface area contributed by atoms with Crippen LogP contribution in [-0.2, 0) is 0 Å². The third-order valence-electron chi connectivity index (χ3n) is 3.46. The van der Waals surface area contributed by atoms with E-state index in [0.29, 0.717) is 29.8 Å². The molecule has 0 radical (unpaired) electrons. The Labute approximate surface area is 106 Å². The van der Waals surface area contributed by atoms with Gasteiger partial charge < -0.3 is 4.90 Å². The van der Waals surface area contributed by atoms with E-state index in [4.69, 9.17) is 0 Å². The van der Waals surface area contributed by atoms with E-state index in [-0.39, 0.29) is 11.5 Å². The maximum Gasteiger partial charge on any atom is 0.256 e. The highest BCUT2D eigenvalue weighted by atomic mass is 32.1. The normalized spacial score (nSPS) is 24.1. The zero-order valence-electron chi connectivity index (χ0n) is 9.98. The number of benzene rings is 1. The van der Waals surface area contributed by atoms with Gasteiger partial charge in [0, 0.05) is 18.0 Å². The summed E-state index contributed by atoms with van der Waals surface area (Å²) in [6.07, 6.45) is 0. The van der Waals surface area contributed by atoms with Gasteiger partial charge in [0.25, 0.3) is 5.91 Å². The molecule has 1 saturated heterocycles. The number of rotatable bonds is 1. The van der Waals surface area contributed by atoms with Crippen LogP contribution in [0.15, 0.2) is 23.1 Å². The molecule has 0 saturated carbocycles. The molecule has 2 rings (SSSR count). The molecule has 1 amide bonds. The Kier molecular flexibility index (Phi) is 3.43. The Balaban J connectivity index is 2.23. The lowest BCUT2D eigenvalue weighted by Gasteiger charge is -2.16. The molecule has 0 spiro atoms. The van der Waals surface area contributed by atoms with Crippen LogP contribution in [0.5, 0.6) is 0 Å². The van der Waals surface area contributed by atoms with Crippen LogP contribution in [0.2, 0.25) is 0 Å². The van der Waals surface area contributed by atoms with Crippen LogP contribution < -0.4 is 0 Å². The number of thiol groups is 1. The van der Waals surface area contributed by atoms with Gasteiger partial charge in [-0.2, -0.15) is 0 Å². The number of carbonyl (C=O) groups is 1. The van der Waals surface area contributed by atoms with Gasteiger partial charge in [0.1, 0.15) is 5.82 Å². The van der Waals surface area contributed by atoms with Gasteiger partial charge in [-0.1, -0.05) is 13.8 Å². The Morgan fingerprint density at radius 2 is 1.94 bits per heavy atom. The molecule has 1 heterocycles. The van der Waals surface area contributed by atoms with E-state index in [0.717, 1.165) is 0 Å². The van der Waals surface area contributed by atoms with E-state index >= 15 is 0 Å². The lowest BCUT2D eigenvalue weighted by atomic mass is 10.0. The first kappa shape index (κ1) is 12.4. The summed E-state index contributed by atoms with van der Waals surface area (Å²) in [4.78, 5) is 14.5. The van der Waals surface area contributed by atoms with Crippen LogP contribution in [0.1, 0.15) is 24.2 Å². The molecule has 1 aliphatic rings. The van der Waals surface area contributed by atoms with Gasteiger partial charge in [-0.25, -0.2) is 4.39 Å². The van der Waals surface area contributed by atoms with Crippen LogP contribution in [0.25, 0.3) is 0 Å². The highest BCUT2D eigenvalue weighted by Gasteiger charge is 2.30. The van der Waals surface area contributed by atoms with Gasteiger partial charge in [-0.3, -0.25) is 4.79 Å². The Morgan fingerprint density at radius 3 is 2.53 bits per heavy atom. The smallest absolute Gasteiger partial charge is 0.256 e. The average Bonchev–Trinajstić information content (AvgIpc) is 2.62. The molecule has 17 heavy (non-hydrogen) atoms. The monoisotopic (exact) mass is 253 g/mol. The fourth-order valence-corrected chi connectivity index (χ4v) is 2.35. The van der Waals surface area contributed by atoms with Crippen LogP contribution >= 0.6 is 12.6 Å². The van der Waals surface area contributed by atoms with E-state index in [1.807, 2.05) is 0 Å². The molecule has 0 aromatic heterocycles. The third kappa shape index (κ3) is 2.46. The summed E-state index contributed by atoms with van der Waals surface area (Å²) >= 11 is 4.14. The van der Waals surface area contributed by atoms with Crippen molar-refractivity contribution in [2.24, 2.45) is 11.8 Å². The van der Waals surface area contributed by atoms with Gasteiger partial charge in [0.2, 0.25) is 0 Å². The van der Waals surface area contributed by atoms with Crippen LogP contribution in [0, 0.1) is 17.7 Å². The molecule has 4 heteroatoms. The van der Waals surface area contributed by atoms with Gasteiger partial charge in [-0.15, -0.1) is 12.6 Å². The van der Waals surface area contributed by atoms with Crippen molar-refractivity contribution >= 4 is 18.5 Å². The second-order valence-electron chi connectivity index (χ2n) is 4.83. The van der Waals surface area contributed by atoms with Crippen molar-refractivity contribution in [3.05, 3.63) is 29.6 Å². The largest absolute Gasteiger partial charge is 0.338 e. The zero-order chi connectivity index (χ0) is 12.6. The maximum atomic E-state index is 13.6. The number of hydrogen-bond acceptors (Lipinski definition) is 2. The fourth-order valence-electron chi connectivity index (χ4n) is 2.14. The molecule has 0 bridgehead atoms. The minimum Gasteiger partial charge on any atom is -0.338 e. The van der Waals surface area contributed by atoms with Crippen molar-refractivity contribution in [2.45, 2.75) is 18.7 Å². The summed E-state index contributed by atoms with van der Waals surface area (Å²) in [6.45, 7) is 5.64. The first-order chi connectivity index (χ1) is 7.99. The number of carbonyl (C=O) groups excluding carboxylic acids is 1. The van der Waals surface area contributed by atoms with Crippen LogP contribution in [0.3, 0.4) is 0 Å². The number of nitrogens with zero attached hydrogens (tertiary/aromatic N) is 1. The number of amides is 1. The molecule has 1 aromatic rings. The standard InChI is InChI=1S/C13H16FNOS/c1-8-6-15(7-9(8)2)13(16)11-5-10(17)3-4-12(11)14/h3-5,8-9,17H,6-7H2,1-2H3. The van der Waals surface area contributed by atoms with E-state index in [1.165, 1.54) is 12.1 Å². The Hall–Kier alpha value is -1.03. The average molecular weight is 253 g/mol. The van der Waals surface area contributed by atoms with Crippen molar-refractivity contribution in [2.75, 3.05) is 13.1 Å². The van der Waals surface area contributed by atoms with Crippen molar-refractivity contribution in [3.8, 4) is 0 Å². The topological polar surface area (TPSA) is 20.3 Å². The number of hydrogen-bond donors (Lipinski definition) is 1. The molecule has 92 valence electrons. The maximum absolute atomic E-state index is 13.6. The summed E-state index contributed by atoms with van der Waals surface area (Å²) in [6, 6.07) is 4.33. The fraction of sp³-hybridized carbons (Fsp3) is 0.462. The molecule has 1 aromatic carbocycles. The summed E-state index contributed by atoms with van der Waals surface area (Å²) < 4.78 is 13.6. The van der Waals surface area contributed by atoms with Crippen molar-refractivity contribution < 1.29 is 9.18 Å². The second kappa shape index (κ2) is 4.69. The molecular formula is C13H16FNOS. The van der Waals surface area contributed by atoms with Gasteiger partial charge in [0.15, 0.2) is 0 Å². The van der Waals surface area contributed by atoms with Crippen LogP contribution in [0.4, 0.5) is 4.39 Å². The molecule has 1 aliphatic heterocycles. The molecule has 2 atom stereocenters. The Morgan fingerprint density at radius 1 is 1.35 bits per heavy atom. The molecule has 2 unspecified atom stereocenters. The summed E-state index contributed by atoms with van der Waals surface area (Å²) in [5.74, 6) is 0.247. The van der Waals surface area contributed by atoms with Crippen molar-refractivity contribution in [1.29, 1.82) is 0 Å². The highest BCUT2D eigenvalue weighted by Crippen LogP contribution is 2.25. The minimum absolute atomic E-state index is 0.124. The van der Waals surface area contributed by atoms with E-state index in [2.05, 4.69) is 26.5 Å². The first-order valence-corrected chi connectivity index (χ1v) is 6.21. The lowest BCUT2D eigenvalue weighted by Crippen LogP contribution is -2.29. The molecule has 1 fully saturated rings. The van der Waals surface area contributed by atoms with Crippen molar-refractivity contribution in [1.82, 2.24) is 4.90 Å². The molecular weight excluding hydrogens is 237 g/mol. The minimum atomic E-state index is -0.472. The predicted molar refractivity (Wildman–Crippen MR) is 67.9 cm³/mol. The summed E-state index contributed by atoms with van der Waals surface area (Å²) in [5, 5.41) is 0. The molecule has 0 N–H and O–H groups in total. The molecule has 2 nitrogen and oxygen atoms in total. The van der Waals surface area contributed by atoms with Gasteiger partial charge in [0.05, 0.1) is 5.56 Å². The Bertz CT molecular complexity index is 439. The van der Waals surface area contributed by atoms with E-state index in [1.54, 1.807) is 11.0 Å². The first-order valence-electron chi connectivity index (χ1n) is 5.77. The lowest BCUT2D eigenvalue weighted by molar-refractivity contribution is 0.0780. The quantitative estimate of drug-likeness (QED) is 0.763. The molecule has 0 aliphatic carbocycles. The summed E-state index contributed by atoms with van der Waals surface area (Å²) in [5.41, 5.74) is 0.124. The van der Waals surface area contributed by atoms with E-state index in [9.17, 15) is 9.18 Å². The summed E-state index contributed by atoms with van der Waals surface area (Å²) in [7, 11) is 0. The number of halogens is 1. The third-order valence-corrected chi connectivity index (χ3v) is 3.73. The number of likely N-dealkylation sites (tertiary alicyclic amines) is 1. The second-order valence-corrected chi connectivity index (χ2v) is 5.35. The predicted octanol–water partition coefficient (Wildman–Crippen LogP) is 2.84. The SMILES string of the molecule is CC1CN(C(=O)c2cc(S)ccc2F)CC1C. The zero-order valence-corrected chi connectivity index (χ0v) is 10.9. The van der Waals surface area contributed by atoms with Gasteiger partial charge in [-0.05, 0) is 30.0 Å². The van der Waals surface area contributed by atoms with E-state index < -0.39 is 5.82 Å². The van der Waals surface area contributed by atoms with Crippen molar-refractivity contribution in [3.63, 3.8) is 0 Å².